The third-order valence-corrected chi connectivity index (χ3v) is 2.80. The van der Waals surface area contributed by atoms with Crippen LogP contribution in [0.1, 0.15) is 32.6 Å². The summed E-state index contributed by atoms with van der Waals surface area (Å²) >= 11 is 0. The molecule has 0 heterocycles. The SMILES string of the molecule is CCC1CCC(C(N)=NC)C1. The quantitative estimate of drug-likeness (QED) is 0.478. The molecule has 0 aromatic heterocycles. The summed E-state index contributed by atoms with van der Waals surface area (Å²) in [4.78, 5) is 4.03. The molecule has 64 valence electrons. The molecule has 2 nitrogen and oxygen atoms in total. The summed E-state index contributed by atoms with van der Waals surface area (Å²) in [5.41, 5.74) is 5.75. The molecular formula is C9H18N2. The molecule has 1 saturated carbocycles. The lowest BCUT2D eigenvalue weighted by molar-refractivity contribution is 0.520. The number of amidine groups is 1. The van der Waals surface area contributed by atoms with E-state index in [4.69, 9.17) is 5.73 Å². The van der Waals surface area contributed by atoms with Gasteiger partial charge in [-0.3, -0.25) is 4.99 Å². The van der Waals surface area contributed by atoms with Crippen LogP contribution in [0.25, 0.3) is 0 Å². The maximum absolute atomic E-state index is 5.75. The summed E-state index contributed by atoms with van der Waals surface area (Å²) in [7, 11) is 1.79. The fraction of sp³-hybridized carbons (Fsp3) is 0.889. The average Bonchev–Trinajstić information content (AvgIpc) is 2.50. The third kappa shape index (κ3) is 1.95. The summed E-state index contributed by atoms with van der Waals surface area (Å²) in [5, 5.41) is 0. The topological polar surface area (TPSA) is 38.4 Å². The van der Waals surface area contributed by atoms with Gasteiger partial charge in [0.2, 0.25) is 0 Å². The number of nitrogens with zero attached hydrogens (tertiary/aromatic N) is 1. The van der Waals surface area contributed by atoms with Crippen molar-refractivity contribution in [3.63, 3.8) is 0 Å². The summed E-state index contributed by atoms with van der Waals surface area (Å²) < 4.78 is 0. The minimum absolute atomic E-state index is 0.588. The summed E-state index contributed by atoms with van der Waals surface area (Å²) in [5.74, 6) is 2.35. The van der Waals surface area contributed by atoms with E-state index >= 15 is 0 Å². The summed E-state index contributed by atoms with van der Waals surface area (Å²) in [6.45, 7) is 2.26. The second kappa shape index (κ2) is 3.74. The Balaban J connectivity index is 2.41. The molecule has 2 heteroatoms. The Labute approximate surface area is 68.9 Å². The molecule has 0 saturated heterocycles. The lowest BCUT2D eigenvalue weighted by Gasteiger charge is -2.08. The van der Waals surface area contributed by atoms with Crippen molar-refractivity contribution in [1.82, 2.24) is 0 Å². The number of hydrogen-bond acceptors (Lipinski definition) is 1. The molecular weight excluding hydrogens is 136 g/mol. The maximum atomic E-state index is 5.75. The van der Waals surface area contributed by atoms with Crippen molar-refractivity contribution < 1.29 is 0 Å². The Morgan fingerprint density at radius 3 is 2.73 bits per heavy atom. The number of aliphatic imine (C=N–C) groups is 1. The Morgan fingerprint density at radius 2 is 2.27 bits per heavy atom. The molecule has 2 atom stereocenters. The molecule has 2 N–H and O–H groups in total. The Kier molecular flexibility index (Phi) is 2.92. The van der Waals surface area contributed by atoms with Gasteiger partial charge in [0.25, 0.3) is 0 Å². The third-order valence-electron chi connectivity index (χ3n) is 2.80. The molecule has 1 aliphatic carbocycles. The van der Waals surface area contributed by atoms with Gasteiger partial charge in [0.05, 0.1) is 5.84 Å². The predicted molar refractivity (Wildman–Crippen MR) is 48.7 cm³/mol. The van der Waals surface area contributed by atoms with Crippen LogP contribution in [0.2, 0.25) is 0 Å². The average molecular weight is 154 g/mol. The van der Waals surface area contributed by atoms with Gasteiger partial charge in [-0.15, -0.1) is 0 Å². The minimum Gasteiger partial charge on any atom is -0.387 e. The van der Waals surface area contributed by atoms with Crippen molar-refractivity contribution in [3.05, 3.63) is 0 Å². The predicted octanol–water partition coefficient (Wildman–Crippen LogP) is 1.80. The van der Waals surface area contributed by atoms with E-state index in [2.05, 4.69) is 11.9 Å². The van der Waals surface area contributed by atoms with Gasteiger partial charge in [-0.25, -0.2) is 0 Å². The van der Waals surface area contributed by atoms with Crippen LogP contribution in [0.3, 0.4) is 0 Å². The Bertz CT molecular complexity index is 152. The van der Waals surface area contributed by atoms with Crippen molar-refractivity contribution in [1.29, 1.82) is 0 Å². The van der Waals surface area contributed by atoms with Crippen LogP contribution >= 0.6 is 0 Å². The Hall–Kier alpha value is -0.530. The van der Waals surface area contributed by atoms with Crippen LogP contribution in [0.15, 0.2) is 4.99 Å². The van der Waals surface area contributed by atoms with E-state index in [1.165, 1.54) is 25.7 Å². The number of hydrogen-bond donors (Lipinski definition) is 1. The Morgan fingerprint density at radius 1 is 1.55 bits per heavy atom. The molecule has 2 unspecified atom stereocenters. The normalized spacial score (nSPS) is 32.7. The molecule has 0 spiro atoms. The van der Waals surface area contributed by atoms with Crippen molar-refractivity contribution in [2.75, 3.05) is 7.05 Å². The van der Waals surface area contributed by atoms with Crippen molar-refractivity contribution in [2.45, 2.75) is 32.6 Å². The zero-order chi connectivity index (χ0) is 8.27. The molecule has 1 aliphatic rings. The number of rotatable bonds is 2. The molecule has 0 aromatic rings. The van der Waals surface area contributed by atoms with E-state index in [1.54, 1.807) is 7.05 Å². The molecule has 0 bridgehead atoms. The van der Waals surface area contributed by atoms with Gasteiger partial charge in [0, 0.05) is 13.0 Å². The molecule has 0 amide bonds. The zero-order valence-corrected chi connectivity index (χ0v) is 7.51. The first-order valence-corrected chi connectivity index (χ1v) is 4.50. The second-order valence-corrected chi connectivity index (χ2v) is 3.43. The first kappa shape index (κ1) is 8.57. The van der Waals surface area contributed by atoms with Gasteiger partial charge in [-0.1, -0.05) is 13.3 Å². The lowest BCUT2D eigenvalue weighted by atomic mass is 10.0. The minimum atomic E-state index is 0.588. The lowest BCUT2D eigenvalue weighted by Crippen LogP contribution is -2.21. The smallest absolute Gasteiger partial charge is 0.0965 e. The highest BCUT2D eigenvalue weighted by Gasteiger charge is 2.25. The van der Waals surface area contributed by atoms with E-state index in [0.717, 1.165) is 11.8 Å². The largest absolute Gasteiger partial charge is 0.387 e. The molecule has 11 heavy (non-hydrogen) atoms. The van der Waals surface area contributed by atoms with E-state index in [1.807, 2.05) is 0 Å². The van der Waals surface area contributed by atoms with Crippen LogP contribution in [0.4, 0.5) is 0 Å². The highest BCUT2D eigenvalue weighted by molar-refractivity contribution is 5.82. The zero-order valence-electron chi connectivity index (χ0n) is 7.51. The van der Waals surface area contributed by atoms with Crippen LogP contribution in [0.5, 0.6) is 0 Å². The van der Waals surface area contributed by atoms with Gasteiger partial charge >= 0.3 is 0 Å². The van der Waals surface area contributed by atoms with E-state index in [9.17, 15) is 0 Å². The van der Waals surface area contributed by atoms with Crippen LogP contribution < -0.4 is 5.73 Å². The van der Waals surface area contributed by atoms with E-state index in [0.29, 0.717) is 5.92 Å². The van der Waals surface area contributed by atoms with E-state index < -0.39 is 0 Å². The highest BCUT2D eigenvalue weighted by atomic mass is 14.8. The van der Waals surface area contributed by atoms with Crippen molar-refractivity contribution >= 4 is 5.84 Å². The fourth-order valence-electron chi connectivity index (χ4n) is 1.90. The molecule has 0 radical (unpaired) electrons. The fourth-order valence-corrected chi connectivity index (χ4v) is 1.90. The van der Waals surface area contributed by atoms with Gasteiger partial charge in [-0.05, 0) is 25.2 Å². The van der Waals surface area contributed by atoms with Crippen molar-refractivity contribution in [2.24, 2.45) is 22.6 Å². The van der Waals surface area contributed by atoms with Crippen molar-refractivity contribution in [3.8, 4) is 0 Å². The van der Waals surface area contributed by atoms with Crippen LogP contribution in [-0.4, -0.2) is 12.9 Å². The van der Waals surface area contributed by atoms with E-state index in [-0.39, 0.29) is 0 Å². The van der Waals surface area contributed by atoms with Gasteiger partial charge in [0.1, 0.15) is 0 Å². The first-order chi connectivity index (χ1) is 5.27. The summed E-state index contributed by atoms with van der Waals surface area (Å²) in [6, 6.07) is 0. The van der Waals surface area contributed by atoms with Gasteiger partial charge in [0.15, 0.2) is 0 Å². The second-order valence-electron chi connectivity index (χ2n) is 3.43. The molecule has 1 fully saturated rings. The first-order valence-electron chi connectivity index (χ1n) is 4.50. The maximum Gasteiger partial charge on any atom is 0.0965 e. The summed E-state index contributed by atoms with van der Waals surface area (Å²) in [6.07, 6.45) is 5.16. The van der Waals surface area contributed by atoms with Gasteiger partial charge < -0.3 is 5.73 Å². The van der Waals surface area contributed by atoms with Crippen LogP contribution in [0, 0.1) is 11.8 Å². The highest BCUT2D eigenvalue weighted by Crippen LogP contribution is 2.32. The molecule has 0 aliphatic heterocycles. The molecule has 1 rings (SSSR count). The molecule has 0 aromatic carbocycles. The monoisotopic (exact) mass is 154 g/mol. The van der Waals surface area contributed by atoms with Gasteiger partial charge in [-0.2, -0.15) is 0 Å². The van der Waals surface area contributed by atoms with Crippen LogP contribution in [-0.2, 0) is 0 Å². The standard InChI is InChI=1S/C9H18N2/c1-3-7-4-5-8(6-7)9(10)11-2/h7-8H,3-6H2,1-2H3,(H2,10,11). The number of nitrogens with two attached hydrogens (primary N) is 1.